The van der Waals surface area contributed by atoms with Crippen LogP contribution in [0.3, 0.4) is 0 Å². The first-order valence-electron chi connectivity index (χ1n) is 24.8. The van der Waals surface area contributed by atoms with Crippen molar-refractivity contribution in [3.63, 3.8) is 0 Å². The zero-order valence-electron chi connectivity index (χ0n) is 41.1. The number of aromatic nitrogens is 6. The van der Waals surface area contributed by atoms with Crippen LogP contribution in [-0.2, 0) is 9.59 Å². The van der Waals surface area contributed by atoms with Crippen LogP contribution in [0.2, 0.25) is 0 Å². The molecule has 20 heteroatoms. The van der Waals surface area contributed by atoms with E-state index in [1.165, 1.54) is 11.0 Å². The lowest BCUT2D eigenvalue weighted by Crippen LogP contribution is -2.54. The van der Waals surface area contributed by atoms with E-state index in [4.69, 9.17) is 29.7 Å². The maximum absolute atomic E-state index is 14.1. The molecule has 20 nitrogen and oxygen atoms in total. The Balaban J connectivity index is 0.672. The fraction of sp³-hybridized carbons (Fsp3) is 0.389. The minimum Gasteiger partial charge on any atom is -0.507 e. The topological polar surface area (TPSA) is 264 Å². The Hall–Kier alpha value is -8.49. The number of carbonyl (C=O) groups is 2. The van der Waals surface area contributed by atoms with E-state index in [-0.39, 0.29) is 84.8 Å². The Morgan fingerprint density at radius 3 is 2.38 bits per heavy atom. The van der Waals surface area contributed by atoms with E-state index < -0.39 is 24.1 Å². The van der Waals surface area contributed by atoms with Gasteiger partial charge in [0.2, 0.25) is 23.5 Å². The molecule has 4 aromatic heterocycles. The number of nitrogen functional groups attached to an aromatic ring is 1. The van der Waals surface area contributed by atoms with Gasteiger partial charge >= 0.3 is 0 Å². The lowest BCUT2D eigenvalue weighted by atomic mass is 9.91. The second-order valence-corrected chi connectivity index (χ2v) is 19.5. The molecule has 380 valence electrons. The average Bonchev–Trinajstić information content (AvgIpc) is 4.10. The molecule has 10 rings (SSSR count). The summed E-state index contributed by atoms with van der Waals surface area (Å²) in [5.74, 6) is 6.20. The van der Waals surface area contributed by atoms with Crippen molar-refractivity contribution in [1.29, 1.82) is 5.26 Å². The van der Waals surface area contributed by atoms with Gasteiger partial charge in [0.25, 0.3) is 5.88 Å². The molecule has 6 aromatic rings. The van der Waals surface area contributed by atoms with Gasteiger partial charge in [-0.25, -0.2) is 15.0 Å². The molecule has 4 aliphatic rings. The number of hydrogen-bond acceptors (Lipinski definition) is 18. The van der Waals surface area contributed by atoms with E-state index >= 15 is 0 Å². The number of phenols is 1. The molecule has 4 fully saturated rings. The van der Waals surface area contributed by atoms with Crippen molar-refractivity contribution >= 4 is 29.0 Å². The minimum atomic E-state index is -0.889. The Morgan fingerprint density at radius 1 is 0.905 bits per heavy atom. The number of aromatic hydroxyl groups is 1. The van der Waals surface area contributed by atoms with Gasteiger partial charge in [-0.15, -0.1) is 10.2 Å². The van der Waals surface area contributed by atoms with Crippen LogP contribution in [0.15, 0.2) is 95.9 Å². The second kappa shape index (κ2) is 21.3. The van der Waals surface area contributed by atoms with Crippen LogP contribution >= 0.6 is 0 Å². The molecule has 1 saturated carbocycles. The summed E-state index contributed by atoms with van der Waals surface area (Å²) in [5.41, 5.74) is 10.7. The molecule has 2 unspecified atom stereocenters. The molecule has 2 aromatic carbocycles. The van der Waals surface area contributed by atoms with E-state index in [0.717, 1.165) is 42.9 Å². The lowest BCUT2D eigenvalue weighted by molar-refractivity contribution is -0.141. The van der Waals surface area contributed by atoms with Crippen molar-refractivity contribution in [3.8, 4) is 52.4 Å². The maximum atomic E-state index is 14.1. The summed E-state index contributed by atoms with van der Waals surface area (Å²) < 4.78 is 23.8. The first kappa shape index (κ1) is 49.1. The number of fused-ring (bicyclic) bond motifs is 2. The summed E-state index contributed by atoms with van der Waals surface area (Å²) in [7, 11) is 0. The van der Waals surface area contributed by atoms with Gasteiger partial charge in [0.05, 0.1) is 47.6 Å². The Kier molecular flexibility index (Phi) is 14.1. The standard InChI is InChI=1S/C54H56N12O8/c1-31(2)51(54(70)65-30-38(67)20-45(65)53(69)60-32(3)34-12-10-33(25-55)11-13-34)47-24-50(63-74-47)71-18-6-9-48-58-26-41(27-59-48)72-39-21-40(22-39)73-49-19-35(16-17-57-49)66-36-14-15-37(66)29-64(28-36)44-23-43(61-62-52(44)56)42-7-4-5-8-46(42)68/h4-5,7-8,10-13,16-17,19,23-24,26-27,31-32,36-40,45,51,67-68H,14-15,18,20-22,28-30H2,1-3H3,(H2,56,62)(H,60,69)/t32-,36?,37?,38+,39?,40?,45-,51+/m0/s1. The minimum absolute atomic E-state index is 0.00365. The number of β-amino-alcohol motifs (C(OH)–C–C–N with tert-alkyl or cyclic N) is 1. The average molecular weight is 1000 g/mol. The third-order valence-electron chi connectivity index (χ3n) is 14.1. The van der Waals surface area contributed by atoms with Gasteiger partial charge < -0.3 is 54.7 Å². The zero-order chi connectivity index (χ0) is 51.5. The third-order valence-corrected chi connectivity index (χ3v) is 14.1. The number of pyridine rings is 1. The van der Waals surface area contributed by atoms with E-state index in [1.807, 2.05) is 51.1 Å². The number of carbonyl (C=O) groups excluding carboxylic acids is 2. The van der Waals surface area contributed by atoms with Crippen LogP contribution in [0.5, 0.6) is 23.3 Å². The van der Waals surface area contributed by atoms with Crippen LogP contribution in [0, 0.1) is 29.1 Å². The van der Waals surface area contributed by atoms with Gasteiger partial charge in [-0.05, 0) is 78.7 Å². The van der Waals surface area contributed by atoms with Crippen molar-refractivity contribution in [3.05, 3.63) is 114 Å². The van der Waals surface area contributed by atoms with Crippen molar-refractivity contribution in [2.24, 2.45) is 5.92 Å². The van der Waals surface area contributed by atoms with Crippen molar-refractivity contribution in [2.45, 2.75) is 101 Å². The number of benzene rings is 2. The van der Waals surface area contributed by atoms with Crippen molar-refractivity contribution < 1.29 is 38.5 Å². The SMILES string of the molecule is CC(C)[C@@H](C(=O)N1C[C@H](O)C[C@H]1C(=O)N[C@@H](C)c1ccc(C#N)cc1)c1cc(OCC#Cc2ncc(OC3CC(Oc4cc(N5C6CCC5CN(c5cc(-c7ccccc7O)nnc5N)C6)ccn4)C3)cn2)no1. The summed E-state index contributed by atoms with van der Waals surface area (Å²) in [4.78, 5) is 46.9. The van der Waals surface area contributed by atoms with Crippen LogP contribution in [0.4, 0.5) is 17.2 Å². The van der Waals surface area contributed by atoms with Gasteiger partial charge in [0, 0.05) is 80.6 Å². The molecule has 1 aliphatic carbocycles. The van der Waals surface area contributed by atoms with E-state index in [9.17, 15) is 19.8 Å². The second-order valence-electron chi connectivity index (χ2n) is 19.5. The Bertz CT molecular complexity index is 3080. The number of nitrogens with zero attached hydrogens (tertiary/aromatic N) is 10. The summed E-state index contributed by atoms with van der Waals surface area (Å²) in [5, 5.41) is 45.6. The highest BCUT2D eigenvalue weighted by molar-refractivity contribution is 5.91. The fourth-order valence-electron chi connectivity index (χ4n) is 10.3. The molecule has 2 amide bonds. The van der Waals surface area contributed by atoms with E-state index in [2.05, 4.69) is 63.3 Å². The molecule has 3 aliphatic heterocycles. The van der Waals surface area contributed by atoms with Crippen LogP contribution in [-0.4, -0.2) is 120 Å². The number of nitrogens with one attached hydrogen (secondary N) is 1. The highest BCUT2D eigenvalue weighted by Gasteiger charge is 2.44. The first-order valence-corrected chi connectivity index (χ1v) is 24.8. The molecule has 3 saturated heterocycles. The van der Waals surface area contributed by atoms with Crippen LogP contribution < -0.4 is 35.1 Å². The molecular weight excluding hydrogens is 945 g/mol. The highest BCUT2D eigenvalue weighted by atomic mass is 16.5. The van der Waals surface area contributed by atoms with E-state index in [1.54, 1.807) is 55.0 Å². The monoisotopic (exact) mass is 1000 g/mol. The van der Waals surface area contributed by atoms with Gasteiger partial charge in [0.1, 0.15) is 29.9 Å². The zero-order valence-corrected chi connectivity index (χ0v) is 41.1. The number of aliphatic hydroxyl groups is 1. The highest BCUT2D eigenvalue weighted by Crippen LogP contribution is 2.40. The van der Waals surface area contributed by atoms with Crippen LogP contribution in [0.1, 0.15) is 87.5 Å². The normalized spacial score (nSPS) is 21.7. The largest absolute Gasteiger partial charge is 0.507 e. The van der Waals surface area contributed by atoms with Gasteiger partial charge in [0.15, 0.2) is 23.9 Å². The van der Waals surface area contributed by atoms with Crippen molar-refractivity contribution in [1.82, 2.24) is 40.5 Å². The molecule has 2 bridgehead atoms. The molecular formula is C54H56N12O8. The molecule has 0 radical (unpaired) electrons. The fourth-order valence-corrected chi connectivity index (χ4v) is 10.3. The third kappa shape index (κ3) is 10.7. The predicted octanol–water partition coefficient (Wildman–Crippen LogP) is 5.33. The molecule has 5 N–H and O–H groups in total. The number of anilines is 3. The number of para-hydroxylation sites is 1. The summed E-state index contributed by atoms with van der Waals surface area (Å²) in [6.07, 6.45) is 7.48. The number of nitrogens with two attached hydrogens (primary N) is 1. The Morgan fingerprint density at radius 2 is 1.65 bits per heavy atom. The quantitative estimate of drug-likeness (QED) is 0.0947. The van der Waals surface area contributed by atoms with Gasteiger partial charge in [-0.2, -0.15) is 5.26 Å². The molecule has 74 heavy (non-hydrogen) atoms. The van der Waals surface area contributed by atoms with Gasteiger partial charge in [-0.3, -0.25) is 9.59 Å². The van der Waals surface area contributed by atoms with Gasteiger partial charge in [-0.1, -0.05) is 44.0 Å². The number of rotatable bonds is 15. The van der Waals surface area contributed by atoms with Crippen molar-refractivity contribution in [2.75, 3.05) is 41.8 Å². The number of hydrogen-bond donors (Lipinski definition) is 4. The summed E-state index contributed by atoms with van der Waals surface area (Å²) in [6.45, 7) is 7.01. The molecule has 0 spiro atoms. The number of piperazine rings is 1. The number of ether oxygens (including phenoxy) is 3. The van der Waals surface area contributed by atoms with Crippen LogP contribution in [0.25, 0.3) is 11.3 Å². The maximum Gasteiger partial charge on any atom is 0.255 e. The molecule has 6 atom stereocenters. The lowest BCUT2D eigenvalue weighted by Gasteiger charge is -2.43. The smallest absolute Gasteiger partial charge is 0.255 e. The predicted molar refractivity (Wildman–Crippen MR) is 270 cm³/mol. The first-order chi connectivity index (χ1) is 35.9. The summed E-state index contributed by atoms with van der Waals surface area (Å²) >= 11 is 0. The number of aliphatic hydroxyl groups excluding tert-OH is 1. The number of nitriles is 1. The number of amides is 2. The number of likely N-dealkylation sites (tertiary alicyclic amines) is 1. The summed E-state index contributed by atoms with van der Waals surface area (Å²) in [6, 6.07) is 22.8. The van der Waals surface area contributed by atoms with E-state index in [0.29, 0.717) is 47.1 Å². The number of phenolic OH excluding ortho intramolecular Hbond substituents is 1. The Labute approximate surface area is 427 Å². The molecule has 7 heterocycles.